The van der Waals surface area contributed by atoms with Gasteiger partial charge in [-0.1, -0.05) is 18.2 Å². The molecule has 1 N–H and O–H groups in total. The van der Waals surface area contributed by atoms with Crippen molar-refractivity contribution in [2.24, 2.45) is 0 Å². The second-order valence-electron chi connectivity index (χ2n) is 4.19. The van der Waals surface area contributed by atoms with Gasteiger partial charge in [-0.15, -0.1) is 11.8 Å². The van der Waals surface area contributed by atoms with E-state index in [-0.39, 0.29) is 0 Å². The van der Waals surface area contributed by atoms with Crippen molar-refractivity contribution < 1.29 is 9.47 Å². The summed E-state index contributed by atoms with van der Waals surface area (Å²) in [7, 11) is 3.31. The summed E-state index contributed by atoms with van der Waals surface area (Å²) in [4.78, 5) is 1.29. The molecule has 0 aliphatic rings. The molecular weight excluding hydrogens is 270 g/mol. The molecule has 20 heavy (non-hydrogen) atoms. The van der Waals surface area contributed by atoms with E-state index in [0.717, 1.165) is 29.5 Å². The van der Waals surface area contributed by atoms with Crippen molar-refractivity contribution in [1.82, 2.24) is 0 Å². The quantitative estimate of drug-likeness (QED) is 0.618. The summed E-state index contributed by atoms with van der Waals surface area (Å²) in [5, 5.41) is 3.38. The Morgan fingerprint density at radius 1 is 0.950 bits per heavy atom. The van der Waals surface area contributed by atoms with Crippen molar-refractivity contribution in [1.29, 1.82) is 0 Å². The maximum absolute atomic E-state index is 5.25. The molecule has 0 saturated heterocycles. The van der Waals surface area contributed by atoms with E-state index in [9.17, 15) is 0 Å². The summed E-state index contributed by atoms with van der Waals surface area (Å²) in [5.41, 5.74) is 1.01. The lowest BCUT2D eigenvalue weighted by Crippen LogP contribution is -2.04. The fraction of sp³-hybridized carbons (Fsp3) is 0.250. The molecule has 0 radical (unpaired) electrons. The third kappa shape index (κ3) is 4.38. The Kier molecular flexibility index (Phi) is 5.62. The minimum atomic E-state index is 0.794. The van der Waals surface area contributed by atoms with E-state index in [1.54, 1.807) is 14.2 Å². The van der Waals surface area contributed by atoms with E-state index in [0.29, 0.717) is 0 Å². The summed E-state index contributed by atoms with van der Waals surface area (Å²) in [6.07, 6.45) is 0. The van der Waals surface area contributed by atoms with Crippen LogP contribution in [0.1, 0.15) is 0 Å². The Labute approximate surface area is 124 Å². The molecule has 3 nitrogen and oxygen atoms in total. The van der Waals surface area contributed by atoms with Crippen molar-refractivity contribution in [3.63, 3.8) is 0 Å². The standard InChI is InChI=1S/C16H19NO2S/c1-18-14-10-13(11-15(12-14)19-2)17-8-9-20-16-6-4-3-5-7-16/h3-7,10-12,17H,8-9H2,1-2H3. The number of anilines is 1. The summed E-state index contributed by atoms with van der Waals surface area (Å²) < 4.78 is 10.5. The van der Waals surface area contributed by atoms with Crippen LogP contribution in [0.5, 0.6) is 11.5 Å². The summed E-state index contributed by atoms with van der Waals surface area (Å²) >= 11 is 1.83. The van der Waals surface area contributed by atoms with Crippen molar-refractivity contribution in [2.45, 2.75) is 4.90 Å². The number of methoxy groups -OCH3 is 2. The smallest absolute Gasteiger partial charge is 0.124 e. The minimum Gasteiger partial charge on any atom is -0.497 e. The van der Waals surface area contributed by atoms with E-state index in [2.05, 4.69) is 29.6 Å². The van der Waals surface area contributed by atoms with Gasteiger partial charge >= 0.3 is 0 Å². The minimum absolute atomic E-state index is 0.794. The van der Waals surface area contributed by atoms with E-state index in [4.69, 9.17) is 9.47 Å². The van der Waals surface area contributed by atoms with Crippen LogP contribution in [0, 0.1) is 0 Å². The lowest BCUT2D eigenvalue weighted by Gasteiger charge is -2.10. The van der Waals surface area contributed by atoms with E-state index < -0.39 is 0 Å². The van der Waals surface area contributed by atoms with Gasteiger partial charge in [0.05, 0.1) is 14.2 Å². The number of hydrogen-bond acceptors (Lipinski definition) is 4. The van der Waals surface area contributed by atoms with Gasteiger partial charge in [0, 0.05) is 41.1 Å². The molecular formula is C16H19NO2S. The fourth-order valence-corrected chi connectivity index (χ4v) is 2.58. The number of benzene rings is 2. The number of thioether (sulfide) groups is 1. The Hall–Kier alpha value is -1.81. The third-order valence-electron chi connectivity index (χ3n) is 2.79. The zero-order valence-corrected chi connectivity index (χ0v) is 12.6. The first-order valence-electron chi connectivity index (χ1n) is 6.46. The summed E-state index contributed by atoms with van der Waals surface area (Å²) in [5.74, 6) is 2.59. The van der Waals surface area contributed by atoms with Crippen LogP contribution in [0.2, 0.25) is 0 Å². The van der Waals surface area contributed by atoms with Crippen LogP contribution in [0.4, 0.5) is 5.69 Å². The highest BCUT2D eigenvalue weighted by atomic mass is 32.2. The lowest BCUT2D eigenvalue weighted by atomic mass is 10.3. The predicted molar refractivity (Wildman–Crippen MR) is 85.2 cm³/mol. The molecule has 0 bridgehead atoms. The second kappa shape index (κ2) is 7.70. The van der Waals surface area contributed by atoms with Crippen LogP contribution < -0.4 is 14.8 Å². The topological polar surface area (TPSA) is 30.5 Å². The lowest BCUT2D eigenvalue weighted by molar-refractivity contribution is 0.394. The molecule has 0 aromatic heterocycles. The first-order valence-corrected chi connectivity index (χ1v) is 7.45. The van der Waals surface area contributed by atoms with Gasteiger partial charge in [0.25, 0.3) is 0 Å². The van der Waals surface area contributed by atoms with Gasteiger partial charge in [-0.25, -0.2) is 0 Å². The molecule has 106 valence electrons. The van der Waals surface area contributed by atoms with Gasteiger partial charge in [0.15, 0.2) is 0 Å². The molecule has 0 aliphatic carbocycles. The summed E-state index contributed by atoms with van der Waals surface area (Å²) in [6.45, 7) is 0.885. The Bertz CT molecular complexity index is 509. The molecule has 0 unspecified atom stereocenters. The second-order valence-corrected chi connectivity index (χ2v) is 5.36. The Morgan fingerprint density at radius 2 is 1.60 bits per heavy atom. The van der Waals surface area contributed by atoms with Crippen molar-refractivity contribution in [3.05, 3.63) is 48.5 Å². The third-order valence-corrected chi connectivity index (χ3v) is 3.81. The van der Waals surface area contributed by atoms with Crippen LogP contribution in [0.3, 0.4) is 0 Å². The maximum Gasteiger partial charge on any atom is 0.124 e. The van der Waals surface area contributed by atoms with Gasteiger partial charge in [-0.05, 0) is 12.1 Å². The molecule has 0 spiro atoms. The molecule has 0 fully saturated rings. The highest BCUT2D eigenvalue weighted by Gasteiger charge is 2.01. The zero-order chi connectivity index (χ0) is 14.2. The van der Waals surface area contributed by atoms with Crippen LogP contribution in [-0.2, 0) is 0 Å². The number of ether oxygens (including phenoxy) is 2. The van der Waals surface area contributed by atoms with Gasteiger partial charge in [-0.3, -0.25) is 0 Å². The normalized spacial score (nSPS) is 10.1. The molecule has 4 heteroatoms. The van der Waals surface area contributed by atoms with Gasteiger partial charge < -0.3 is 14.8 Å². The molecule has 0 atom stereocenters. The zero-order valence-electron chi connectivity index (χ0n) is 11.8. The molecule has 2 aromatic rings. The van der Waals surface area contributed by atoms with Crippen LogP contribution in [0.25, 0.3) is 0 Å². The Morgan fingerprint density at radius 3 is 2.20 bits per heavy atom. The highest BCUT2D eigenvalue weighted by Crippen LogP contribution is 2.26. The van der Waals surface area contributed by atoms with Crippen LogP contribution >= 0.6 is 11.8 Å². The van der Waals surface area contributed by atoms with Crippen LogP contribution in [-0.4, -0.2) is 26.5 Å². The first-order chi connectivity index (χ1) is 9.81. The molecule has 0 amide bonds. The average molecular weight is 289 g/mol. The van der Waals surface area contributed by atoms with Crippen molar-refractivity contribution >= 4 is 17.4 Å². The monoisotopic (exact) mass is 289 g/mol. The van der Waals surface area contributed by atoms with Gasteiger partial charge in [0.2, 0.25) is 0 Å². The number of hydrogen-bond donors (Lipinski definition) is 1. The maximum atomic E-state index is 5.25. The number of nitrogens with one attached hydrogen (secondary N) is 1. The van der Waals surface area contributed by atoms with E-state index in [1.807, 2.05) is 36.0 Å². The number of rotatable bonds is 7. The van der Waals surface area contributed by atoms with Gasteiger partial charge in [-0.2, -0.15) is 0 Å². The van der Waals surface area contributed by atoms with E-state index >= 15 is 0 Å². The summed E-state index contributed by atoms with van der Waals surface area (Å²) in [6, 6.07) is 16.2. The van der Waals surface area contributed by atoms with Crippen molar-refractivity contribution in [3.8, 4) is 11.5 Å². The molecule has 0 saturated carbocycles. The average Bonchev–Trinajstić information content (AvgIpc) is 2.52. The van der Waals surface area contributed by atoms with E-state index in [1.165, 1.54) is 4.90 Å². The largest absolute Gasteiger partial charge is 0.497 e. The van der Waals surface area contributed by atoms with Gasteiger partial charge in [0.1, 0.15) is 11.5 Å². The molecule has 2 aromatic carbocycles. The predicted octanol–water partition coefficient (Wildman–Crippen LogP) is 3.91. The molecule has 0 heterocycles. The van der Waals surface area contributed by atoms with Crippen LogP contribution in [0.15, 0.2) is 53.4 Å². The molecule has 0 aliphatic heterocycles. The Balaban J connectivity index is 1.84. The van der Waals surface area contributed by atoms with Crippen molar-refractivity contribution in [2.75, 3.05) is 31.8 Å². The SMILES string of the molecule is COc1cc(NCCSc2ccccc2)cc(OC)c1. The first kappa shape index (κ1) is 14.6. The molecule has 2 rings (SSSR count). The fourth-order valence-electron chi connectivity index (χ4n) is 1.79. The highest BCUT2D eigenvalue weighted by molar-refractivity contribution is 7.99.